The Morgan fingerprint density at radius 3 is 2.07 bits per heavy atom. The van der Waals surface area contributed by atoms with Gasteiger partial charge in [-0.15, -0.1) is 0 Å². The van der Waals surface area contributed by atoms with Crippen molar-refractivity contribution >= 4 is 41.1 Å². The second-order valence-electron chi connectivity index (χ2n) is 2.56. The van der Waals surface area contributed by atoms with Crippen LogP contribution in [0.5, 0.6) is 0 Å². The van der Waals surface area contributed by atoms with Crippen LogP contribution < -0.4 is 0 Å². The average Bonchev–Trinajstić information content (AvgIpc) is 2.10. The lowest BCUT2D eigenvalue weighted by Crippen LogP contribution is -2.07. The predicted octanol–water partition coefficient (Wildman–Crippen LogP) is 4.48. The van der Waals surface area contributed by atoms with Gasteiger partial charge in [0.1, 0.15) is 0 Å². The minimum absolute atomic E-state index is 0.247. The maximum Gasteiger partial charge on any atom is 0.417 e. The largest absolute Gasteiger partial charge is 0.417 e. The molecule has 0 aromatic heterocycles. The highest BCUT2D eigenvalue weighted by Crippen LogP contribution is 2.41. The quantitative estimate of drug-likeness (QED) is 0.546. The van der Waals surface area contributed by atoms with E-state index in [-0.39, 0.29) is 16.9 Å². The van der Waals surface area contributed by atoms with E-state index in [0.29, 0.717) is 6.07 Å². The molecule has 0 unspecified atom stereocenters. The van der Waals surface area contributed by atoms with Crippen LogP contribution in [-0.2, 0) is 6.18 Å². The Kier molecular flexibility index (Phi) is 3.53. The van der Waals surface area contributed by atoms with Gasteiger partial charge in [-0.1, -0.05) is 34.8 Å². The number of hydrogen-bond acceptors (Lipinski definition) is 1. The van der Waals surface area contributed by atoms with E-state index in [1.165, 1.54) is 0 Å². The summed E-state index contributed by atoms with van der Waals surface area (Å²) in [5.74, 6) is 0. The molecular weight excluding hydrogens is 275 g/mol. The van der Waals surface area contributed by atoms with Crippen LogP contribution in [0.3, 0.4) is 0 Å². The predicted molar refractivity (Wildman–Crippen MR) is 51.9 cm³/mol. The lowest BCUT2D eigenvalue weighted by Gasteiger charge is -2.12. The summed E-state index contributed by atoms with van der Waals surface area (Å²) < 4.78 is 37.1. The molecule has 0 aliphatic carbocycles. The lowest BCUT2D eigenvalue weighted by molar-refractivity contribution is -0.137. The van der Waals surface area contributed by atoms with Gasteiger partial charge >= 0.3 is 6.18 Å². The summed E-state index contributed by atoms with van der Waals surface area (Å²) in [5, 5.41) is -1.60. The molecule has 0 spiro atoms. The van der Waals surface area contributed by atoms with Gasteiger partial charge in [-0.25, -0.2) is 0 Å². The van der Waals surface area contributed by atoms with Crippen molar-refractivity contribution in [3.63, 3.8) is 0 Å². The van der Waals surface area contributed by atoms with Gasteiger partial charge in [0.2, 0.25) is 0 Å². The van der Waals surface area contributed by atoms with E-state index in [1.54, 1.807) is 0 Å². The average molecular weight is 277 g/mol. The van der Waals surface area contributed by atoms with Gasteiger partial charge in [0.15, 0.2) is 6.29 Å². The third kappa shape index (κ3) is 2.38. The van der Waals surface area contributed by atoms with Gasteiger partial charge in [0, 0.05) is 0 Å². The molecule has 7 heteroatoms. The van der Waals surface area contributed by atoms with E-state index < -0.39 is 21.8 Å². The van der Waals surface area contributed by atoms with Crippen molar-refractivity contribution in [2.24, 2.45) is 0 Å². The first-order valence-electron chi connectivity index (χ1n) is 3.49. The normalized spacial score (nSPS) is 11.6. The van der Waals surface area contributed by atoms with Crippen molar-refractivity contribution < 1.29 is 18.0 Å². The Labute approximate surface area is 97.7 Å². The van der Waals surface area contributed by atoms with Crippen molar-refractivity contribution in [2.75, 3.05) is 0 Å². The standard InChI is InChI=1S/C8H2Cl3F3O/c9-5-1-4(8(12,13)14)7(11)6(10)3(5)2-15/h1-2H. The topological polar surface area (TPSA) is 17.1 Å². The molecule has 82 valence electrons. The van der Waals surface area contributed by atoms with E-state index in [4.69, 9.17) is 34.8 Å². The zero-order valence-corrected chi connectivity index (χ0v) is 9.10. The number of halogens is 6. The minimum atomic E-state index is -4.66. The Bertz CT molecular complexity index is 415. The summed E-state index contributed by atoms with van der Waals surface area (Å²) in [7, 11) is 0. The van der Waals surface area contributed by atoms with Gasteiger partial charge in [-0.2, -0.15) is 13.2 Å². The van der Waals surface area contributed by atoms with Gasteiger partial charge in [-0.05, 0) is 6.07 Å². The number of alkyl halides is 3. The molecule has 1 aromatic carbocycles. The van der Waals surface area contributed by atoms with E-state index in [0.717, 1.165) is 0 Å². The molecule has 15 heavy (non-hydrogen) atoms. The number of benzene rings is 1. The van der Waals surface area contributed by atoms with E-state index in [1.807, 2.05) is 0 Å². The van der Waals surface area contributed by atoms with Gasteiger partial charge in [0.25, 0.3) is 0 Å². The Hall–Kier alpha value is -0.450. The highest BCUT2D eigenvalue weighted by Gasteiger charge is 2.35. The molecule has 0 radical (unpaired) electrons. The molecule has 1 nitrogen and oxygen atoms in total. The molecule has 0 amide bonds. The zero-order valence-electron chi connectivity index (χ0n) is 6.83. The number of hydrogen-bond donors (Lipinski definition) is 0. The fourth-order valence-corrected chi connectivity index (χ4v) is 1.73. The van der Waals surface area contributed by atoms with Crippen molar-refractivity contribution in [1.82, 2.24) is 0 Å². The molecular formula is C8H2Cl3F3O. The first kappa shape index (κ1) is 12.6. The summed E-state index contributed by atoms with van der Waals surface area (Å²) in [5.41, 5.74) is -1.42. The lowest BCUT2D eigenvalue weighted by atomic mass is 10.1. The second kappa shape index (κ2) is 4.20. The number of aldehydes is 1. The van der Waals surface area contributed by atoms with Crippen LogP contribution in [0.2, 0.25) is 15.1 Å². The highest BCUT2D eigenvalue weighted by molar-refractivity contribution is 6.46. The van der Waals surface area contributed by atoms with Crippen LogP contribution in [-0.4, -0.2) is 6.29 Å². The van der Waals surface area contributed by atoms with Crippen molar-refractivity contribution in [2.45, 2.75) is 6.18 Å². The molecule has 0 atom stereocenters. The van der Waals surface area contributed by atoms with Gasteiger partial charge < -0.3 is 0 Å². The monoisotopic (exact) mass is 276 g/mol. The number of rotatable bonds is 1. The first-order valence-corrected chi connectivity index (χ1v) is 4.62. The van der Waals surface area contributed by atoms with E-state index in [9.17, 15) is 18.0 Å². The molecule has 0 heterocycles. The Balaban J connectivity index is 3.55. The van der Waals surface area contributed by atoms with Crippen LogP contribution in [0, 0.1) is 0 Å². The zero-order chi connectivity index (χ0) is 11.8. The maximum absolute atomic E-state index is 12.4. The third-order valence-electron chi connectivity index (χ3n) is 1.62. The van der Waals surface area contributed by atoms with E-state index >= 15 is 0 Å². The van der Waals surface area contributed by atoms with E-state index in [2.05, 4.69) is 0 Å². The molecule has 0 saturated carbocycles. The van der Waals surface area contributed by atoms with Crippen molar-refractivity contribution in [1.29, 1.82) is 0 Å². The molecule has 1 aromatic rings. The van der Waals surface area contributed by atoms with Crippen LogP contribution in [0.1, 0.15) is 15.9 Å². The minimum Gasteiger partial charge on any atom is -0.298 e. The molecule has 0 N–H and O–H groups in total. The molecule has 0 saturated heterocycles. The molecule has 0 bridgehead atoms. The number of carbonyl (C=O) groups is 1. The molecule has 0 fully saturated rings. The van der Waals surface area contributed by atoms with Crippen LogP contribution in [0.15, 0.2) is 6.07 Å². The Morgan fingerprint density at radius 1 is 1.13 bits per heavy atom. The van der Waals surface area contributed by atoms with Crippen LogP contribution >= 0.6 is 34.8 Å². The molecule has 1 rings (SSSR count). The fourth-order valence-electron chi connectivity index (χ4n) is 0.923. The SMILES string of the molecule is O=Cc1c(Cl)cc(C(F)(F)F)c(Cl)c1Cl. The molecule has 0 aliphatic heterocycles. The second-order valence-corrected chi connectivity index (χ2v) is 3.73. The first-order chi connectivity index (χ1) is 6.79. The van der Waals surface area contributed by atoms with Crippen LogP contribution in [0.4, 0.5) is 13.2 Å². The summed E-state index contributed by atoms with van der Waals surface area (Å²) in [4.78, 5) is 10.5. The Morgan fingerprint density at radius 2 is 1.67 bits per heavy atom. The van der Waals surface area contributed by atoms with Crippen molar-refractivity contribution in [3.8, 4) is 0 Å². The summed E-state index contributed by atoms with van der Waals surface area (Å²) >= 11 is 16.3. The van der Waals surface area contributed by atoms with Crippen molar-refractivity contribution in [3.05, 3.63) is 32.3 Å². The number of carbonyl (C=O) groups excluding carboxylic acids is 1. The van der Waals surface area contributed by atoms with Gasteiger partial charge in [0.05, 0.1) is 26.2 Å². The highest BCUT2D eigenvalue weighted by atomic mass is 35.5. The smallest absolute Gasteiger partial charge is 0.298 e. The van der Waals surface area contributed by atoms with Gasteiger partial charge in [-0.3, -0.25) is 4.79 Å². The summed E-state index contributed by atoms with van der Waals surface area (Å²) in [6.07, 6.45) is -4.41. The summed E-state index contributed by atoms with van der Waals surface area (Å²) in [6, 6.07) is 0.569. The molecule has 0 aliphatic rings. The summed E-state index contributed by atoms with van der Waals surface area (Å²) in [6.45, 7) is 0. The fraction of sp³-hybridized carbons (Fsp3) is 0.125. The third-order valence-corrected chi connectivity index (χ3v) is 2.81. The maximum atomic E-state index is 12.4. The van der Waals surface area contributed by atoms with Crippen LogP contribution in [0.25, 0.3) is 0 Å².